The molecule has 0 aliphatic carbocycles. The summed E-state index contributed by atoms with van der Waals surface area (Å²) in [4.78, 5) is -0.153. The van der Waals surface area contributed by atoms with Crippen LogP contribution in [-0.2, 0) is 10.0 Å². The van der Waals surface area contributed by atoms with Gasteiger partial charge in [-0.15, -0.1) is 0 Å². The number of hydrogen-bond donors (Lipinski definition) is 2. The Hall–Kier alpha value is -0.500. The standard InChI is InChI=1S/C11H15BrFNO3S/c1-7(6-15)8(2)14-18(16,17)11-5-9(13)3-4-10(11)12/h3-5,7-8,14-15H,6H2,1-2H3. The van der Waals surface area contributed by atoms with Crippen LogP contribution in [0.5, 0.6) is 0 Å². The van der Waals surface area contributed by atoms with Crippen LogP contribution in [0.2, 0.25) is 0 Å². The SMILES string of the molecule is CC(CO)C(C)NS(=O)(=O)c1cc(F)ccc1Br. The first-order valence-corrected chi connectivity index (χ1v) is 7.63. The van der Waals surface area contributed by atoms with Gasteiger partial charge in [0.15, 0.2) is 0 Å². The van der Waals surface area contributed by atoms with E-state index in [9.17, 15) is 12.8 Å². The van der Waals surface area contributed by atoms with Gasteiger partial charge in [-0.2, -0.15) is 0 Å². The van der Waals surface area contributed by atoms with Crippen LogP contribution < -0.4 is 4.72 Å². The van der Waals surface area contributed by atoms with Crippen LogP contribution >= 0.6 is 15.9 Å². The molecule has 1 aromatic carbocycles. The lowest BCUT2D eigenvalue weighted by molar-refractivity contribution is 0.216. The highest BCUT2D eigenvalue weighted by molar-refractivity contribution is 9.10. The van der Waals surface area contributed by atoms with Crippen molar-refractivity contribution in [1.29, 1.82) is 0 Å². The van der Waals surface area contributed by atoms with Crippen LogP contribution in [0.25, 0.3) is 0 Å². The predicted octanol–water partition coefficient (Wildman–Crippen LogP) is 1.88. The highest BCUT2D eigenvalue weighted by atomic mass is 79.9. The van der Waals surface area contributed by atoms with Crippen molar-refractivity contribution in [3.05, 3.63) is 28.5 Å². The second-order valence-corrected chi connectivity index (χ2v) is 6.68. The molecule has 0 radical (unpaired) electrons. The van der Waals surface area contributed by atoms with Gasteiger partial charge in [-0.05, 0) is 47.0 Å². The lowest BCUT2D eigenvalue weighted by atomic mass is 10.1. The Bertz CT molecular complexity index is 521. The van der Waals surface area contributed by atoms with Crippen molar-refractivity contribution in [2.24, 2.45) is 5.92 Å². The number of nitrogens with one attached hydrogen (secondary N) is 1. The van der Waals surface area contributed by atoms with Gasteiger partial charge in [0.1, 0.15) is 5.82 Å². The summed E-state index contributed by atoms with van der Waals surface area (Å²) in [5.74, 6) is -0.853. The number of benzene rings is 1. The van der Waals surface area contributed by atoms with Crippen molar-refractivity contribution in [1.82, 2.24) is 4.72 Å². The Morgan fingerprint density at radius 3 is 2.61 bits per heavy atom. The number of aliphatic hydroxyl groups is 1. The van der Waals surface area contributed by atoms with E-state index < -0.39 is 21.9 Å². The smallest absolute Gasteiger partial charge is 0.242 e. The fraction of sp³-hybridized carbons (Fsp3) is 0.455. The van der Waals surface area contributed by atoms with E-state index in [0.717, 1.165) is 6.07 Å². The lowest BCUT2D eigenvalue weighted by Gasteiger charge is -2.19. The number of aliphatic hydroxyl groups excluding tert-OH is 1. The first kappa shape index (κ1) is 15.6. The van der Waals surface area contributed by atoms with Gasteiger partial charge in [0.2, 0.25) is 10.0 Å². The highest BCUT2D eigenvalue weighted by Gasteiger charge is 2.23. The highest BCUT2D eigenvalue weighted by Crippen LogP contribution is 2.23. The average Bonchev–Trinajstić information content (AvgIpc) is 2.30. The molecule has 0 aliphatic rings. The number of halogens is 2. The van der Waals surface area contributed by atoms with Gasteiger partial charge >= 0.3 is 0 Å². The van der Waals surface area contributed by atoms with Gasteiger partial charge in [-0.25, -0.2) is 17.5 Å². The molecule has 1 rings (SSSR count). The largest absolute Gasteiger partial charge is 0.396 e. The van der Waals surface area contributed by atoms with Gasteiger partial charge < -0.3 is 5.11 Å². The molecule has 4 nitrogen and oxygen atoms in total. The third-order valence-electron chi connectivity index (χ3n) is 2.67. The van der Waals surface area contributed by atoms with E-state index in [1.165, 1.54) is 12.1 Å². The van der Waals surface area contributed by atoms with Crippen LogP contribution in [0.15, 0.2) is 27.6 Å². The minimum atomic E-state index is -3.82. The van der Waals surface area contributed by atoms with Crippen molar-refractivity contribution in [3.8, 4) is 0 Å². The molecule has 0 aliphatic heterocycles. The van der Waals surface area contributed by atoms with E-state index in [2.05, 4.69) is 20.7 Å². The Balaban J connectivity index is 3.03. The molecule has 7 heteroatoms. The van der Waals surface area contributed by atoms with E-state index in [1.54, 1.807) is 13.8 Å². The maximum Gasteiger partial charge on any atom is 0.242 e. The van der Waals surface area contributed by atoms with Gasteiger partial charge in [0.05, 0.1) is 4.90 Å². The Kier molecular flexibility index (Phi) is 5.27. The summed E-state index contributed by atoms with van der Waals surface area (Å²) in [5, 5.41) is 8.97. The van der Waals surface area contributed by atoms with Crippen LogP contribution in [-0.4, -0.2) is 26.2 Å². The zero-order valence-electron chi connectivity index (χ0n) is 10.0. The fourth-order valence-electron chi connectivity index (χ4n) is 1.27. The molecular weight excluding hydrogens is 325 g/mol. The minimum absolute atomic E-state index is 0.131. The summed E-state index contributed by atoms with van der Waals surface area (Å²) in [7, 11) is -3.82. The monoisotopic (exact) mass is 339 g/mol. The molecule has 2 atom stereocenters. The minimum Gasteiger partial charge on any atom is -0.396 e. The molecule has 1 aromatic rings. The molecule has 102 valence electrons. The number of rotatable bonds is 5. The summed E-state index contributed by atoms with van der Waals surface area (Å²) in [6.45, 7) is 3.23. The first-order valence-electron chi connectivity index (χ1n) is 5.36. The van der Waals surface area contributed by atoms with Gasteiger partial charge in [0, 0.05) is 17.1 Å². The second-order valence-electron chi connectivity index (χ2n) is 4.14. The normalized spacial score (nSPS) is 15.4. The summed E-state index contributed by atoms with van der Waals surface area (Å²) in [5.41, 5.74) is 0. The molecule has 0 saturated carbocycles. The van der Waals surface area contributed by atoms with E-state index in [1.807, 2.05) is 0 Å². The maximum atomic E-state index is 13.1. The topological polar surface area (TPSA) is 66.4 Å². The molecule has 0 bridgehead atoms. The Labute approximate surface area is 114 Å². The molecule has 0 heterocycles. The van der Waals surface area contributed by atoms with Crippen molar-refractivity contribution >= 4 is 26.0 Å². The van der Waals surface area contributed by atoms with Crippen LogP contribution in [0, 0.1) is 11.7 Å². The zero-order chi connectivity index (χ0) is 13.9. The molecular formula is C11H15BrFNO3S. The summed E-state index contributed by atoms with van der Waals surface area (Å²) in [6, 6.07) is 3.01. The van der Waals surface area contributed by atoms with Crippen molar-refractivity contribution in [3.63, 3.8) is 0 Å². The quantitative estimate of drug-likeness (QED) is 0.860. The Morgan fingerprint density at radius 2 is 2.06 bits per heavy atom. The van der Waals surface area contributed by atoms with E-state index >= 15 is 0 Å². The average molecular weight is 340 g/mol. The number of hydrogen-bond acceptors (Lipinski definition) is 3. The predicted molar refractivity (Wildman–Crippen MR) is 70.1 cm³/mol. The van der Waals surface area contributed by atoms with Crippen molar-refractivity contribution < 1.29 is 17.9 Å². The van der Waals surface area contributed by atoms with E-state index in [-0.39, 0.29) is 17.4 Å². The first-order chi connectivity index (χ1) is 8.27. The maximum absolute atomic E-state index is 13.1. The molecule has 0 aromatic heterocycles. The van der Waals surface area contributed by atoms with Gasteiger partial charge in [-0.1, -0.05) is 6.92 Å². The molecule has 0 saturated heterocycles. The zero-order valence-corrected chi connectivity index (χ0v) is 12.4. The third kappa shape index (κ3) is 3.74. The molecule has 0 amide bonds. The summed E-state index contributed by atoms with van der Waals surface area (Å²) >= 11 is 3.08. The summed E-state index contributed by atoms with van der Waals surface area (Å²) < 4.78 is 39.9. The molecule has 2 unspecified atom stereocenters. The lowest BCUT2D eigenvalue weighted by Crippen LogP contribution is -2.38. The second kappa shape index (κ2) is 6.10. The molecule has 18 heavy (non-hydrogen) atoms. The third-order valence-corrected chi connectivity index (χ3v) is 5.22. The molecule has 2 N–H and O–H groups in total. The van der Waals surface area contributed by atoms with Gasteiger partial charge in [-0.3, -0.25) is 0 Å². The van der Waals surface area contributed by atoms with Crippen LogP contribution in [0.1, 0.15) is 13.8 Å². The van der Waals surface area contributed by atoms with Crippen LogP contribution in [0.4, 0.5) is 4.39 Å². The molecule has 0 fully saturated rings. The summed E-state index contributed by atoms with van der Waals surface area (Å²) in [6.07, 6.45) is 0. The fourth-order valence-corrected chi connectivity index (χ4v) is 3.59. The van der Waals surface area contributed by atoms with E-state index in [4.69, 9.17) is 5.11 Å². The number of sulfonamides is 1. The van der Waals surface area contributed by atoms with Gasteiger partial charge in [0.25, 0.3) is 0 Å². The van der Waals surface area contributed by atoms with Crippen molar-refractivity contribution in [2.45, 2.75) is 24.8 Å². The Morgan fingerprint density at radius 1 is 1.44 bits per heavy atom. The van der Waals surface area contributed by atoms with E-state index in [0.29, 0.717) is 4.47 Å². The van der Waals surface area contributed by atoms with Crippen molar-refractivity contribution in [2.75, 3.05) is 6.61 Å². The van der Waals surface area contributed by atoms with Crippen LogP contribution in [0.3, 0.4) is 0 Å². The molecule has 0 spiro atoms.